The van der Waals surface area contributed by atoms with Gasteiger partial charge in [0.05, 0.1) is 16.8 Å². The number of aromatic nitrogens is 1. The largest absolute Gasteiger partial charge is 0.493 e. The van der Waals surface area contributed by atoms with Gasteiger partial charge in [-0.25, -0.2) is 0 Å². The average molecular weight is 529 g/mol. The molecule has 1 atom stereocenters. The molecule has 0 radical (unpaired) electrons. The van der Waals surface area contributed by atoms with Gasteiger partial charge in [0.2, 0.25) is 5.91 Å². The number of carbonyl (C=O) groups is 2. The normalized spacial score (nSPS) is 15.1. The summed E-state index contributed by atoms with van der Waals surface area (Å²) in [6.07, 6.45) is 4.19. The van der Waals surface area contributed by atoms with Crippen molar-refractivity contribution in [2.75, 3.05) is 6.61 Å². The summed E-state index contributed by atoms with van der Waals surface area (Å²) < 4.78 is 35.3. The quantitative estimate of drug-likeness (QED) is 0.413. The third-order valence-electron chi connectivity index (χ3n) is 5.35. The molecule has 1 aromatic heterocycles. The van der Waals surface area contributed by atoms with Crippen LogP contribution in [0.15, 0.2) is 71.8 Å². The molecule has 8 nitrogen and oxygen atoms in total. The molecule has 1 aliphatic rings. The summed E-state index contributed by atoms with van der Waals surface area (Å²) in [6.45, 7) is 4.51. The Hall–Kier alpha value is -3.21. The van der Waals surface area contributed by atoms with Gasteiger partial charge in [0.1, 0.15) is 5.75 Å². The van der Waals surface area contributed by atoms with E-state index in [1.54, 1.807) is 12.1 Å². The second kappa shape index (κ2) is 12.7. The summed E-state index contributed by atoms with van der Waals surface area (Å²) in [6, 6.07) is 17.8. The van der Waals surface area contributed by atoms with E-state index in [9.17, 15) is 18.0 Å². The number of aryl methyl sites for hydroxylation is 2. The lowest BCUT2D eigenvalue weighted by Gasteiger charge is -2.09. The average Bonchev–Trinajstić information content (AvgIpc) is 3.17. The zero-order valence-electron chi connectivity index (χ0n) is 20.0. The highest BCUT2D eigenvalue weighted by molar-refractivity contribution is 8.15. The molecule has 0 saturated carbocycles. The van der Waals surface area contributed by atoms with Crippen LogP contribution >= 0.6 is 11.8 Å². The topological polar surface area (TPSA) is 123 Å². The van der Waals surface area contributed by atoms with Crippen LogP contribution in [0.3, 0.4) is 0 Å². The van der Waals surface area contributed by atoms with E-state index in [1.165, 1.54) is 17.7 Å². The maximum Gasteiger partial charge on any atom is 0.294 e. The molecule has 190 valence electrons. The SMILES string of the molecule is CCc1ccc(CCOc2ccc(C[C@H]3SC(=O)NC3=O)cc2)nc1.Cc1ccc(S(=O)(=O)O)cc1. The van der Waals surface area contributed by atoms with Gasteiger partial charge in [0, 0.05) is 18.3 Å². The highest BCUT2D eigenvalue weighted by atomic mass is 32.2. The number of thioether (sulfide) groups is 1. The molecular formula is C26H28N2O6S2. The lowest BCUT2D eigenvalue weighted by molar-refractivity contribution is -0.118. The number of amides is 2. The second-order valence-corrected chi connectivity index (χ2v) is 10.7. The molecule has 2 heterocycles. The number of benzene rings is 2. The smallest absolute Gasteiger partial charge is 0.294 e. The van der Waals surface area contributed by atoms with E-state index >= 15 is 0 Å². The molecule has 0 unspecified atom stereocenters. The standard InChI is InChI=1S/C19H20N2O3S.C7H8O3S/c1-2-13-3-6-15(20-12-13)9-10-24-16-7-4-14(5-8-16)11-17-18(22)21-19(23)25-17;1-6-2-4-7(5-3-6)11(8,9)10/h3-8,12,17H,2,9-11H2,1H3,(H,21,22,23);2-5H,1H3,(H,8,9,10)/t17-;/m1./s1. The highest BCUT2D eigenvalue weighted by Crippen LogP contribution is 2.24. The number of nitrogens with zero attached hydrogens (tertiary/aromatic N) is 1. The maximum absolute atomic E-state index is 11.6. The van der Waals surface area contributed by atoms with E-state index in [4.69, 9.17) is 9.29 Å². The van der Waals surface area contributed by atoms with E-state index in [0.29, 0.717) is 13.0 Å². The molecule has 2 amide bonds. The fourth-order valence-electron chi connectivity index (χ4n) is 3.26. The molecule has 2 aromatic carbocycles. The Balaban J connectivity index is 0.000000275. The minimum atomic E-state index is -4.02. The molecule has 10 heteroatoms. The predicted octanol–water partition coefficient (Wildman–Crippen LogP) is 4.40. The molecule has 1 saturated heterocycles. The number of nitrogens with one attached hydrogen (secondary N) is 1. The van der Waals surface area contributed by atoms with E-state index in [-0.39, 0.29) is 21.3 Å². The van der Waals surface area contributed by atoms with Gasteiger partial charge in [-0.15, -0.1) is 0 Å². The van der Waals surface area contributed by atoms with Gasteiger partial charge < -0.3 is 4.74 Å². The van der Waals surface area contributed by atoms with Gasteiger partial charge in [-0.2, -0.15) is 8.42 Å². The fraction of sp³-hybridized carbons (Fsp3) is 0.269. The maximum atomic E-state index is 11.6. The summed E-state index contributed by atoms with van der Waals surface area (Å²) in [4.78, 5) is 27.1. The lowest BCUT2D eigenvalue weighted by atomic mass is 10.1. The van der Waals surface area contributed by atoms with Crippen molar-refractivity contribution < 1.29 is 27.3 Å². The van der Waals surface area contributed by atoms with Crippen LogP contribution < -0.4 is 10.1 Å². The molecule has 1 aliphatic heterocycles. The molecule has 1 fully saturated rings. The van der Waals surface area contributed by atoms with Crippen molar-refractivity contribution in [3.8, 4) is 5.75 Å². The zero-order chi connectivity index (χ0) is 26.1. The minimum absolute atomic E-state index is 0.0666. The molecule has 36 heavy (non-hydrogen) atoms. The van der Waals surface area contributed by atoms with E-state index < -0.39 is 10.1 Å². The highest BCUT2D eigenvalue weighted by Gasteiger charge is 2.31. The summed E-state index contributed by atoms with van der Waals surface area (Å²) in [5, 5.41) is 1.70. The van der Waals surface area contributed by atoms with E-state index in [0.717, 1.165) is 47.2 Å². The fourth-order valence-corrected chi connectivity index (χ4v) is 4.60. The van der Waals surface area contributed by atoms with Gasteiger partial charge in [-0.05, 0) is 61.2 Å². The lowest BCUT2D eigenvalue weighted by Crippen LogP contribution is -2.25. The van der Waals surface area contributed by atoms with Crippen LogP contribution in [0, 0.1) is 6.92 Å². The number of rotatable bonds is 8. The van der Waals surface area contributed by atoms with Gasteiger partial charge in [-0.3, -0.25) is 24.4 Å². The van der Waals surface area contributed by atoms with E-state index in [2.05, 4.69) is 23.3 Å². The molecule has 4 rings (SSSR count). The first-order chi connectivity index (χ1) is 17.1. The van der Waals surface area contributed by atoms with Crippen molar-refractivity contribution in [1.29, 1.82) is 0 Å². The van der Waals surface area contributed by atoms with Crippen LogP contribution in [-0.4, -0.2) is 41.0 Å². The summed E-state index contributed by atoms with van der Waals surface area (Å²) in [5.41, 5.74) is 4.21. The Morgan fingerprint density at radius 2 is 1.67 bits per heavy atom. The van der Waals surface area contributed by atoms with Gasteiger partial charge >= 0.3 is 0 Å². The first-order valence-electron chi connectivity index (χ1n) is 11.3. The second-order valence-electron chi connectivity index (χ2n) is 8.13. The van der Waals surface area contributed by atoms with Crippen molar-refractivity contribution in [3.63, 3.8) is 0 Å². The van der Waals surface area contributed by atoms with Crippen molar-refractivity contribution >= 4 is 33.0 Å². The van der Waals surface area contributed by atoms with Crippen LogP contribution in [0.2, 0.25) is 0 Å². The molecule has 0 bridgehead atoms. The number of hydrogen-bond donors (Lipinski definition) is 2. The predicted molar refractivity (Wildman–Crippen MR) is 139 cm³/mol. The molecule has 3 aromatic rings. The Labute approximate surface area is 215 Å². The summed E-state index contributed by atoms with van der Waals surface area (Å²) >= 11 is 1.05. The Bertz CT molecular complexity index is 1280. The van der Waals surface area contributed by atoms with Crippen LogP contribution in [-0.2, 0) is 34.2 Å². The third kappa shape index (κ3) is 8.47. The summed E-state index contributed by atoms with van der Waals surface area (Å²) in [5.74, 6) is 0.574. The van der Waals surface area contributed by atoms with Crippen LogP contribution in [0.25, 0.3) is 0 Å². The van der Waals surface area contributed by atoms with Crippen molar-refractivity contribution in [3.05, 3.63) is 89.2 Å². The van der Waals surface area contributed by atoms with Crippen LogP contribution in [0.1, 0.15) is 29.3 Å². The van der Waals surface area contributed by atoms with Crippen molar-refractivity contribution in [2.24, 2.45) is 0 Å². The first-order valence-corrected chi connectivity index (χ1v) is 13.7. The van der Waals surface area contributed by atoms with Crippen LogP contribution in [0.4, 0.5) is 4.79 Å². The van der Waals surface area contributed by atoms with Gasteiger partial charge in [0.15, 0.2) is 0 Å². The first kappa shape index (κ1) is 27.4. The van der Waals surface area contributed by atoms with Gasteiger partial charge in [-0.1, -0.05) is 54.6 Å². The van der Waals surface area contributed by atoms with Crippen molar-refractivity contribution in [2.45, 2.75) is 43.3 Å². The molecular weight excluding hydrogens is 500 g/mol. The molecule has 0 spiro atoms. The Morgan fingerprint density at radius 3 is 2.19 bits per heavy atom. The molecule has 2 N–H and O–H groups in total. The van der Waals surface area contributed by atoms with Crippen molar-refractivity contribution in [1.82, 2.24) is 10.3 Å². The zero-order valence-corrected chi connectivity index (χ0v) is 21.6. The number of imide groups is 1. The Kier molecular flexibility index (Phi) is 9.63. The Morgan fingerprint density at radius 1 is 1.00 bits per heavy atom. The molecule has 0 aliphatic carbocycles. The number of ether oxygens (including phenoxy) is 1. The monoisotopic (exact) mass is 528 g/mol. The summed E-state index contributed by atoms with van der Waals surface area (Å²) in [7, 11) is -4.02. The van der Waals surface area contributed by atoms with E-state index in [1.807, 2.05) is 43.5 Å². The van der Waals surface area contributed by atoms with Gasteiger partial charge in [0.25, 0.3) is 15.4 Å². The number of carbonyl (C=O) groups excluding carboxylic acids is 2. The number of hydrogen-bond acceptors (Lipinski definition) is 7. The number of pyridine rings is 1. The van der Waals surface area contributed by atoms with Crippen LogP contribution in [0.5, 0.6) is 5.75 Å². The minimum Gasteiger partial charge on any atom is -0.493 e. The third-order valence-corrected chi connectivity index (χ3v) is 7.20.